The molecule has 2 rings (SSSR count). The normalized spacial score (nSPS) is 16.2. The first-order valence-electron chi connectivity index (χ1n) is 8.63. The van der Waals surface area contributed by atoms with Crippen LogP contribution in [0.4, 0.5) is 11.6 Å². The predicted octanol–water partition coefficient (Wildman–Crippen LogP) is 3.88. The first-order valence-corrected chi connectivity index (χ1v) is 8.63. The summed E-state index contributed by atoms with van der Waals surface area (Å²) in [6, 6.07) is 2.12. The molecule has 2 heterocycles. The molecule has 0 radical (unpaired) electrons. The number of anilines is 2. The van der Waals surface area contributed by atoms with Crippen LogP contribution in [0.15, 0.2) is 6.07 Å². The Kier molecular flexibility index (Phi) is 6.27. The van der Waals surface area contributed by atoms with Crippen molar-refractivity contribution in [3.63, 3.8) is 0 Å². The van der Waals surface area contributed by atoms with E-state index in [0.717, 1.165) is 55.9 Å². The second-order valence-electron chi connectivity index (χ2n) is 6.03. The molecule has 0 aliphatic carbocycles. The van der Waals surface area contributed by atoms with Gasteiger partial charge in [0.1, 0.15) is 17.5 Å². The second kappa shape index (κ2) is 8.20. The summed E-state index contributed by atoms with van der Waals surface area (Å²) in [7, 11) is 0. The third kappa shape index (κ3) is 4.58. The van der Waals surface area contributed by atoms with E-state index >= 15 is 0 Å². The molecule has 1 aromatic rings. The van der Waals surface area contributed by atoms with Crippen molar-refractivity contribution in [3.05, 3.63) is 11.9 Å². The van der Waals surface area contributed by atoms with Gasteiger partial charge in [0.25, 0.3) is 0 Å². The van der Waals surface area contributed by atoms with Crippen LogP contribution in [0.3, 0.4) is 0 Å². The van der Waals surface area contributed by atoms with Gasteiger partial charge in [-0.05, 0) is 25.2 Å². The zero-order valence-corrected chi connectivity index (χ0v) is 13.9. The molecule has 1 aliphatic heterocycles. The Morgan fingerprint density at radius 1 is 1.14 bits per heavy atom. The summed E-state index contributed by atoms with van der Waals surface area (Å²) < 4.78 is 0. The Bertz CT molecular complexity index is 425. The highest BCUT2D eigenvalue weighted by molar-refractivity contribution is 5.49. The molecular formula is C17H30N4. The number of hydrogen-bond donors (Lipinski definition) is 1. The fourth-order valence-corrected chi connectivity index (χ4v) is 3.01. The van der Waals surface area contributed by atoms with Crippen molar-refractivity contribution in [2.24, 2.45) is 5.92 Å². The molecule has 4 heteroatoms. The maximum absolute atomic E-state index is 4.73. The van der Waals surface area contributed by atoms with Crippen molar-refractivity contribution in [3.8, 4) is 0 Å². The van der Waals surface area contributed by atoms with E-state index in [0.29, 0.717) is 0 Å². The van der Waals surface area contributed by atoms with Crippen molar-refractivity contribution in [2.45, 2.75) is 59.3 Å². The molecule has 1 N–H and O–H groups in total. The minimum absolute atomic E-state index is 0.890. The lowest BCUT2D eigenvalue weighted by atomic mass is 9.92. The average Bonchev–Trinajstić information content (AvgIpc) is 2.53. The van der Waals surface area contributed by atoms with Gasteiger partial charge in [0.15, 0.2) is 0 Å². The summed E-state index contributed by atoms with van der Waals surface area (Å²) in [5.74, 6) is 3.95. The Morgan fingerprint density at radius 3 is 2.52 bits per heavy atom. The van der Waals surface area contributed by atoms with Crippen LogP contribution in [0.25, 0.3) is 0 Å². The van der Waals surface area contributed by atoms with Crippen LogP contribution >= 0.6 is 0 Å². The summed E-state index contributed by atoms with van der Waals surface area (Å²) in [5, 5.41) is 3.40. The number of aryl methyl sites for hydroxylation is 1. The highest BCUT2D eigenvalue weighted by Crippen LogP contribution is 2.26. The first kappa shape index (κ1) is 16.1. The maximum atomic E-state index is 4.73. The fourth-order valence-electron chi connectivity index (χ4n) is 3.01. The number of aromatic nitrogens is 2. The van der Waals surface area contributed by atoms with Crippen LogP contribution in [0.1, 0.15) is 58.7 Å². The van der Waals surface area contributed by atoms with Crippen LogP contribution in [0, 0.1) is 5.92 Å². The summed E-state index contributed by atoms with van der Waals surface area (Å²) in [5.41, 5.74) is 0. The lowest BCUT2D eigenvalue weighted by Crippen LogP contribution is -2.34. The molecule has 4 nitrogen and oxygen atoms in total. The van der Waals surface area contributed by atoms with E-state index in [-0.39, 0.29) is 0 Å². The fraction of sp³-hybridized carbons (Fsp3) is 0.765. The SMILES string of the molecule is CCCNc1cc(N2CCC(CCC)CC2)nc(CC)n1. The van der Waals surface area contributed by atoms with Crippen LogP contribution < -0.4 is 10.2 Å². The molecule has 0 aromatic carbocycles. The number of piperidine rings is 1. The highest BCUT2D eigenvalue weighted by Gasteiger charge is 2.20. The Hall–Kier alpha value is -1.32. The molecule has 1 saturated heterocycles. The Labute approximate surface area is 129 Å². The minimum atomic E-state index is 0.890. The van der Waals surface area contributed by atoms with Gasteiger partial charge in [0.2, 0.25) is 0 Å². The number of rotatable bonds is 7. The van der Waals surface area contributed by atoms with Crippen molar-refractivity contribution < 1.29 is 0 Å². The van der Waals surface area contributed by atoms with Gasteiger partial charge in [0.05, 0.1) is 0 Å². The minimum Gasteiger partial charge on any atom is -0.370 e. The molecule has 0 bridgehead atoms. The maximum Gasteiger partial charge on any atom is 0.134 e. The van der Waals surface area contributed by atoms with Crippen LogP contribution in [0.2, 0.25) is 0 Å². The molecule has 0 spiro atoms. The largest absolute Gasteiger partial charge is 0.370 e. The van der Waals surface area contributed by atoms with E-state index in [1.54, 1.807) is 0 Å². The highest BCUT2D eigenvalue weighted by atomic mass is 15.2. The van der Waals surface area contributed by atoms with E-state index in [1.807, 2.05) is 0 Å². The number of hydrogen-bond acceptors (Lipinski definition) is 4. The van der Waals surface area contributed by atoms with Gasteiger partial charge in [-0.15, -0.1) is 0 Å². The lowest BCUT2D eigenvalue weighted by Gasteiger charge is -2.33. The molecule has 0 saturated carbocycles. The Morgan fingerprint density at radius 2 is 1.90 bits per heavy atom. The van der Waals surface area contributed by atoms with Crippen molar-refractivity contribution in [2.75, 3.05) is 29.9 Å². The first-order chi connectivity index (χ1) is 10.3. The van der Waals surface area contributed by atoms with E-state index in [2.05, 4.69) is 42.0 Å². The zero-order chi connectivity index (χ0) is 15.1. The van der Waals surface area contributed by atoms with E-state index < -0.39 is 0 Å². The van der Waals surface area contributed by atoms with Gasteiger partial charge in [-0.3, -0.25) is 0 Å². The van der Waals surface area contributed by atoms with Gasteiger partial charge in [-0.2, -0.15) is 0 Å². The van der Waals surface area contributed by atoms with Gasteiger partial charge in [-0.25, -0.2) is 9.97 Å². The van der Waals surface area contributed by atoms with Crippen LogP contribution in [-0.4, -0.2) is 29.6 Å². The Balaban J connectivity index is 2.04. The molecule has 1 fully saturated rings. The van der Waals surface area contributed by atoms with Crippen molar-refractivity contribution in [1.82, 2.24) is 9.97 Å². The molecule has 0 unspecified atom stereocenters. The zero-order valence-electron chi connectivity index (χ0n) is 13.9. The third-order valence-corrected chi connectivity index (χ3v) is 4.27. The summed E-state index contributed by atoms with van der Waals surface area (Å²) in [4.78, 5) is 11.7. The number of nitrogens with one attached hydrogen (secondary N) is 1. The van der Waals surface area contributed by atoms with E-state index in [1.165, 1.54) is 25.7 Å². The molecular weight excluding hydrogens is 260 g/mol. The molecule has 21 heavy (non-hydrogen) atoms. The molecule has 1 aromatic heterocycles. The smallest absolute Gasteiger partial charge is 0.134 e. The standard InChI is InChI=1S/C17H30N4/c1-4-7-14-8-11-21(12-9-14)17-13-16(18-10-5-2)19-15(6-3)20-17/h13-14H,4-12H2,1-3H3,(H,18,19,20). The third-order valence-electron chi connectivity index (χ3n) is 4.27. The van der Waals surface area contributed by atoms with Crippen molar-refractivity contribution in [1.29, 1.82) is 0 Å². The summed E-state index contributed by atoms with van der Waals surface area (Å²) >= 11 is 0. The monoisotopic (exact) mass is 290 g/mol. The molecule has 118 valence electrons. The second-order valence-corrected chi connectivity index (χ2v) is 6.03. The lowest BCUT2D eigenvalue weighted by molar-refractivity contribution is 0.377. The molecule has 1 aliphatic rings. The number of nitrogens with zero attached hydrogens (tertiary/aromatic N) is 3. The van der Waals surface area contributed by atoms with E-state index in [4.69, 9.17) is 4.98 Å². The molecule has 0 atom stereocenters. The topological polar surface area (TPSA) is 41.0 Å². The summed E-state index contributed by atoms with van der Waals surface area (Å²) in [6.45, 7) is 9.83. The molecule has 0 amide bonds. The van der Waals surface area contributed by atoms with Gasteiger partial charge < -0.3 is 10.2 Å². The quantitative estimate of drug-likeness (QED) is 0.827. The van der Waals surface area contributed by atoms with Gasteiger partial charge >= 0.3 is 0 Å². The van der Waals surface area contributed by atoms with Gasteiger partial charge in [0, 0.05) is 32.1 Å². The van der Waals surface area contributed by atoms with E-state index in [9.17, 15) is 0 Å². The van der Waals surface area contributed by atoms with Gasteiger partial charge in [-0.1, -0.05) is 33.6 Å². The average molecular weight is 290 g/mol. The predicted molar refractivity (Wildman–Crippen MR) is 90.0 cm³/mol. The van der Waals surface area contributed by atoms with Crippen LogP contribution in [-0.2, 0) is 6.42 Å². The van der Waals surface area contributed by atoms with Crippen LogP contribution in [0.5, 0.6) is 0 Å². The summed E-state index contributed by atoms with van der Waals surface area (Å²) in [6.07, 6.45) is 7.29. The van der Waals surface area contributed by atoms with Crippen molar-refractivity contribution >= 4 is 11.6 Å².